The molecule has 15 heteroatoms. The van der Waals surface area contributed by atoms with Crippen LogP contribution in [-0.4, -0.2) is 98.9 Å². The molecule has 210 valence electrons. The first-order valence-electron chi connectivity index (χ1n) is 11.5. The van der Waals surface area contributed by atoms with Crippen LogP contribution in [0.4, 0.5) is 4.79 Å². The van der Waals surface area contributed by atoms with Crippen LogP contribution in [0.15, 0.2) is 0 Å². The summed E-state index contributed by atoms with van der Waals surface area (Å²) in [5.74, 6) is -3.46. The van der Waals surface area contributed by atoms with Gasteiger partial charge >= 0.3 is 29.9 Å². The second-order valence-electron chi connectivity index (χ2n) is 8.08. The van der Waals surface area contributed by atoms with Crippen LogP contribution in [0.3, 0.4) is 0 Å². The Kier molecular flexibility index (Phi) is 12.8. The van der Waals surface area contributed by atoms with Gasteiger partial charge in [0.2, 0.25) is 5.91 Å². The summed E-state index contributed by atoms with van der Waals surface area (Å²) in [6.45, 7) is 7.59. The Morgan fingerprint density at radius 1 is 0.838 bits per heavy atom. The molecular formula is C22H35N3O12. The zero-order valence-corrected chi connectivity index (χ0v) is 21.9. The second kappa shape index (κ2) is 14.9. The predicted molar refractivity (Wildman–Crippen MR) is 123 cm³/mol. The molecule has 1 aliphatic heterocycles. The molecular weight excluding hydrogens is 498 g/mol. The summed E-state index contributed by atoms with van der Waals surface area (Å²) in [5, 5.41) is 7.30. The van der Waals surface area contributed by atoms with Gasteiger partial charge in [-0.2, -0.15) is 0 Å². The molecule has 0 aliphatic carbocycles. The monoisotopic (exact) mass is 533 g/mol. The number of rotatable bonds is 11. The summed E-state index contributed by atoms with van der Waals surface area (Å²) in [6.07, 6.45) is -4.95. The van der Waals surface area contributed by atoms with Crippen LogP contribution in [0.2, 0.25) is 0 Å². The summed E-state index contributed by atoms with van der Waals surface area (Å²) in [6, 6.07) is -4.16. The molecule has 0 bridgehead atoms. The van der Waals surface area contributed by atoms with Gasteiger partial charge in [-0.25, -0.2) is 9.59 Å². The highest BCUT2D eigenvalue weighted by molar-refractivity contribution is 5.90. The molecule has 0 unspecified atom stereocenters. The van der Waals surface area contributed by atoms with Crippen molar-refractivity contribution in [2.75, 3.05) is 20.3 Å². The topological polar surface area (TPSA) is 194 Å². The average molecular weight is 534 g/mol. The Bertz CT molecular complexity index is 851. The van der Waals surface area contributed by atoms with Gasteiger partial charge in [0.05, 0.1) is 6.61 Å². The number of amides is 3. The Morgan fingerprint density at radius 3 is 1.95 bits per heavy atom. The number of carbonyl (C=O) groups is 6. The summed E-state index contributed by atoms with van der Waals surface area (Å²) >= 11 is 0. The molecule has 1 heterocycles. The number of carbonyl (C=O) groups excluding carboxylic acids is 6. The Hall–Kier alpha value is -3.46. The van der Waals surface area contributed by atoms with E-state index >= 15 is 0 Å². The Morgan fingerprint density at radius 2 is 1.43 bits per heavy atom. The highest BCUT2D eigenvalue weighted by Crippen LogP contribution is 2.27. The number of hydrogen-bond donors (Lipinski definition) is 3. The third kappa shape index (κ3) is 10.2. The Balaban J connectivity index is 3.06. The lowest BCUT2D eigenvalue weighted by atomic mass is 9.96. The van der Waals surface area contributed by atoms with Gasteiger partial charge in [-0.05, 0) is 20.8 Å². The minimum atomic E-state index is -1.32. The lowest BCUT2D eigenvalue weighted by Gasteiger charge is -2.44. The van der Waals surface area contributed by atoms with E-state index < -0.39 is 78.5 Å². The molecule has 0 aromatic rings. The second-order valence-corrected chi connectivity index (χ2v) is 8.08. The maximum absolute atomic E-state index is 12.7. The van der Waals surface area contributed by atoms with Crippen molar-refractivity contribution in [2.24, 2.45) is 0 Å². The van der Waals surface area contributed by atoms with E-state index in [1.165, 1.54) is 27.9 Å². The number of methoxy groups -OCH3 is 1. The standard InChI is InChI=1S/C22H35N3O12/c1-8-33-20(30)11(3)23-19(29)10(2)24-22(31)25-16-18(36-14(6)28)17(35-13(5)27)15(9-34-12(4)26)37-21(16)32-7/h10-11,15-18,21H,8-9H2,1-7H3,(H,23,29)(H2,24,25,31)/t10-,11-,15+,16+,17+,18+,21+/m0/s1. The van der Waals surface area contributed by atoms with Gasteiger partial charge in [0.1, 0.15) is 30.8 Å². The molecule has 1 aliphatic rings. The van der Waals surface area contributed by atoms with Gasteiger partial charge in [0.15, 0.2) is 18.5 Å². The largest absolute Gasteiger partial charge is 0.464 e. The number of ether oxygens (including phenoxy) is 6. The van der Waals surface area contributed by atoms with Crippen molar-refractivity contribution in [1.82, 2.24) is 16.0 Å². The van der Waals surface area contributed by atoms with Crippen molar-refractivity contribution >= 4 is 35.8 Å². The number of esters is 4. The molecule has 0 spiro atoms. The maximum Gasteiger partial charge on any atom is 0.328 e. The van der Waals surface area contributed by atoms with Crippen molar-refractivity contribution in [2.45, 2.75) is 84.3 Å². The van der Waals surface area contributed by atoms with Crippen LogP contribution in [0.5, 0.6) is 0 Å². The van der Waals surface area contributed by atoms with Crippen LogP contribution in [0.25, 0.3) is 0 Å². The molecule has 1 rings (SSSR count). The average Bonchev–Trinajstić information content (AvgIpc) is 2.79. The summed E-state index contributed by atoms with van der Waals surface area (Å²) in [4.78, 5) is 71.8. The van der Waals surface area contributed by atoms with Crippen molar-refractivity contribution < 1.29 is 57.2 Å². The van der Waals surface area contributed by atoms with E-state index in [1.54, 1.807) is 6.92 Å². The number of hydrogen-bond acceptors (Lipinski definition) is 12. The van der Waals surface area contributed by atoms with E-state index in [0.717, 1.165) is 13.8 Å². The summed E-state index contributed by atoms with van der Waals surface area (Å²) in [5.41, 5.74) is 0. The smallest absolute Gasteiger partial charge is 0.328 e. The zero-order valence-electron chi connectivity index (χ0n) is 21.9. The van der Waals surface area contributed by atoms with Gasteiger partial charge in [0, 0.05) is 27.9 Å². The molecule has 0 radical (unpaired) electrons. The molecule has 0 saturated carbocycles. The van der Waals surface area contributed by atoms with Crippen LogP contribution in [0.1, 0.15) is 41.5 Å². The van der Waals surface area contributed by atoms with Gasteiger partial charge < -0.3 is 44.4 Å². The third-order valence-corrected chi connectivity index (χ3v) is 4.97. The molecule has 0 aromatic carbocycles. The van der Waals surface area contributed by atoms with Gasteiger partial charge in [-0.3, -0.25) is 19.2 Å². The van der Waals surface area contributed by atoms with E-state index in [2.05, 4.69) is 16.0 Å². The molecule has 3 N–H and O–H groups in total. The molecule has 1 saturated heterocycles. The lowest BCUT2D eigenvalue weighted by molar-refractivity contribution is -0.270. The first-order valence-corrected chi connectivity index (χ1v) is 11.5. The molecule has 1 fully saturated rings. The molecule has 7 atom stereocenters. The fourth-order valence-corrected chi connectivity index (χ4v) is 3.38. The minimum absolute atomic E-state index is 0.138. The van der Waals surface area contributed by atoms with Crippen molar-refractivity contribution in [3.8, 4) is 0 Å². The third-order valence-electron chi connectivity index (χ3n) is 4.97. The number of urea groups is 1. The van der Waals surface area contributed by atoms with Gasteiger partial charge in [-0.1, -0.05) is 0 Å². The number of nitrogens with one attached hydrogen (secondary N) is 3. The quantitative estimate of drug-likeness (QED) is 0.215. The van der Waals surface area contributed by atoms with Crippen LogP contribution < -0.4 is 16.0 Å². The van der Waals surface area contributed by atoms with Crippen molar-refractivity contribution in [3.05, 3.63) is 0 Å². The van der Waals surface area contributed by atoms with Crippen LogP contribution >= 0.6 is 0 Å². The van der Waals surface area contributed by atoms with Crippen LogP contribution in [0, 0.1) is 0 Å². The van der Waals surface area contributed by atoms with E-state index in [0.29, 0.717) is 0 Å². The highest BCUT2D eigenvalue weighted by Gasteiger charge is 2.51. The van der Waals surface area contributed by atoms with Gasteiger partial charge in [0.25, 0.3) is 0 Å². The van der Waals surface area contributed by atoms with E-state index in [-0.39, 0.29) is 13.2 Å². The summed E-state index contributed by atoms with van der Waals surface area (Å²) < 4.78 is 31.5. The fraction of sp³-hybridized carbons (Fsp3) is 0.727. The first kappa shape index (κ1) is 31.6. The van der Waals surface area contributed by atoms with Crippen molar-refractivity contribution in [1.29, 1.82) is 0 Å². The fourth-order valence-electron chi connectivity index (χ4n) is 3.38. The molecule has 15 nitrogen and oxygen atoms in total. The zero-order chi connectivity index (χ0) is 28.3. The SMILES string of the molecule is CCOC(=O)[C@H](C)NC(=O)[C@H](C)NC(=O)N[C@H]1[C@H](OC)O[C@H](COC(C)=O)[C@@H](OC(C)=O)[C@@H]1OC(C)=O. The predicted octanol–water partition coefficient (Wildman–Crippen LogP) is -1.09. The van der Waals surface area contributed by atoms with E-state index in [4.69, 9.17) is 28.4 Å². The Labute approximate surface area is 214 Å². The maximum atomic E-state index is 12.7. The van der Waals surface area contributed by atoms with Crippen LogP contribution in [-0.2, 0) is 52.4 Å². The van der Waals surface area contributed by atoms with E-state index in [9.17, 15) is 28.8 Å². The molecule has 3 amide bonds. The highest BCUT2D eigenvalue weighted by atomic mass is 16.7. The van der Waals surface area contributed by atoms with Gasteiger partial charge in [-0.15, -0.1) is 0 Å². The summed E-state index contributed by atoms with van der Waals surface area (Å²) in [7, 11) is 1.25. The van der Waals surface area contributed by atoms with Crippen molar-refractivity contribution in [3.63, 3.8) is 0 Å². The first-order chi connectivity index (χ1) is 17.3. The molecule has 0 aromatic heterocycles. The minimum Gasteiger partial charge on any atom is -0.464 e. The normalized spacial score (nSPS) is 24.5. The lowest BCUT2D eigenvalue weighted by Crippen LogP contribution is -2.67. The molecule has 37 heavy (non-hydrogen) atoms. The van der Waals surface area contributed by atoms with E-state index in [1.807, 2.05) is 0 Å².